The number of hydrogen-bond acceptors (Lipinski definition) is 4. The highest BCUT2D eigenvalue weighted by Gasteiger charge is 2.50. The van der Waals surface area contributed by atoms with Crippen LogP contribution in [0, 0.1) is 0 Å². The summed E-state index contributed by atoms with van der Waals surface area (Å²) in [6, 6.07) is 21.1. The van der Waals surface area contributed by atoms with Gasteiger partial charge in [-0.05, 0) is 21.5 Å². The van der Waals surface area contributed by atoms with Gasteiger partial charge in [-0.2, -0.15) is 0 Å². The SMILES string of the molecule is CC(=O)O[C@@H]1C=CO[C@H](CO[Si](c2ccccc2)(c2ccccc2)C(C)(C)C)C1. The first-order chi connectivity index (χ1) is 13.8. The third-order valence-electron chi connectivity index (χ3n) is 5.28. The van der Waals surface area contributed by atoms with Crippen LogP contribution in [-0.4, -0.2) is 33.1 Å². The molecule has 2 aromatic carbocycles. The van der Waals surface area contributed by atoms with Gasteiger partial charge in [-0.25, -0.2) is 0 Å². The molecule has 4 nitrogen and oxygen atoms in total. The predicted octanol–water partition coefficient (Wildman–Crippen LogP) is 3.80. The summed E-state index contributed by atoms with van der Waals surface area (Å²) in [6.45, 7) is 8.63. The zero-order chi connectivity index (χ0) is 20.9. The second-order valence-corrected chi connectivity index (χ2v) is 12.8. The molecule has 0 bridgehead atoms. The van der Waals surface area contributed by atoms with Crippen molar-refractivity contribution in [3.05, 3.63) is 73.0 Å². The first-order valence-corrected chi connectivity index (χ1v) is 12.0. The van der Waals surface area contributed by atoms with Gasteiger partial charge in [-0.1, -0.05) is 81.4 Å². The summed E-state index contributed by atoms with van der Waals surface area (Å²) >= 11 is 0. The van der Waals surface area contributed by atoms with Crippen LogP contribution in [0.15, 0.2) is 73.0 Å². The Kier molecular flexibility index (Phi) is 6.60. The number of carbonyl (C=O) groups excluding carboxylic acids is 1. The van der Waals surface area contributed by atoms with Gasteiger partial charge in [-0.15, -0.1) is 0 Å². The van der Waals surface area contributed by atoms with E-state index in [4.69, 9.17) is 13.9 Å². The lowest BCUT2D eigenvalue weighted by Crippen LogP contribution is -2.67. The van der Waals surface area contributed by atoms with Crippen LogP contribution in [-0.2, 0) is 18.7 Å². The number of esters is 1. The average molecular weight is 411 g/mol. The maximum atomic E-state index is 11.3. The summed E-state index contributed by atoms with van der Waals surface area (Å²) in [5, 5.41) is 2.39. The quantitative estimate of drug-likeness (QED) is 0.537. The molecule has 2 aromatic rings. The monoisotopic (exact) mass is 410 g/mol. The van der Waals surface area contributed by atoms with Gasteiger partial charge >= 0.3 is 5.97 Å². The molecular weight excluding hydrogens is 380 g/mol. The van der Waals surface area contributed by atoms with Gasteiger partial charge in [0.1, 0.15) is 12.2 Å². The van der Waals surface area contributed by atoms with E-state index >= 15 is 0 Å². The van der Waals surface area contributed by atoms with Crippen LogP contribution in [0.3, 0.4) is 0 Å². The second kappa shape index (κ2) is 8.97. The van der Waals surface area contributed by atoms with Crippen molar-refractivity contribution in [2.75, 3.05) is 6.61 Å². The standard InChI is InChI=1S/C24H30O4Si/c1-19(25)28-20-15-16-26-21(17-20)18-27-29(24(2,3)4,22-11-7-5-8-12-22)23-13-9-6-10-14-23/h5-16,20-21H,17-18H2,1-4H3/t20-,21+/m1/s1. The Labute approximate surface area is 174 Å². The van der Waals surface area contributed by atoms with Gasteiger partial charge in [0.15, 0.2) is 0 Å². The van der Waals surface area contributed by atoms with Gasteiger partial charge in [-0.3, -0.25) is 4.79 Å². The Hall–Kier alpha value is -2.37. The number of carbonyl (C=O) groups is 1. The lowest BCUT2D eigenvalue weighted by atomic mass is 10.1. The van der Waals surface area contributed by atoms with Gasteiger partial charge in [0, 0.05) is 13.3 Å². The molecule has 0 saturated heterocycles. The van der Waals surface area contributed by atoms with E-state index in [9.17, 15) is 4.79 Å². The van der Waals surface area contributed by atoms with Gasteiger partial charge in [0.25, 0.3) is 8.32 Å². The molecule has 0 unspecified atom stereocenters. The van der Waals surface area contributed by atoms with Crippen molar-refractivity contribution >= 4 is 24.7 Å². The minimum atomic E-state index is -2.60. The molecule has 29 heavy (non-hydrogen) atoms. The maximum Gasteiger partial charge on any atom is 0.303 e. The Morgan fingerprint density at radius 1 is 1.03 bits per heavy atom. The third kappa shape index (κ3) is 4.79. The Morgan fingerprint density at radius 3 is 2.07 bits per heavy atom. The van der Waals surface area contributed by atoms with E-state index < -0.39 is 8.32 Å². The van der Waals surface area contributed by atoms with Crippen molar-refractivity contribution in [1.29, 1.82) is 0 Å². The van der Waals surface area contributed by atoms with Crippen molar-refractivity contribution in [2.24, 2.45) is 0 Å². The molecule has 0 saturated carbocycles. The molecular formula is C24H30O4Si. The lowest BCUT2D eigenvalue weighted by Gasteiger charge is -2.43. The number of hydrogen-bond donors (Lipinski definition) is 0. The molecule has 1 heterocycles. The van der Waals surface area contributed by atoms with E-state index in [-0.39, 0.29) is 23.2 Å². The first kappa shape index (κ1) is 21.3. The molecule has 0 N–H and O–H groups in total. The molecule has 2 atom stereocenters. The summed E-state index contributed by atoms with van der Waals surface area (Å²) in [5.74, 6) is -0.284. The van der Waals surface area contributed by atoms with E-state index in [1.54, 1.807) is 12.3 Å². The van der Waals surface area contributed by atoms with Crippen LogP contribution >= 0.6 is 0 Å². The third-order valence-corrected chi connectivity index (χ3v) is 10.3. The molecule has 0 spiro atoms. The Morgan fingerprint density at radius 2 is 1.59 bits per heavy atom. The van der Waals surface area contributed by atoms with Gasteiger partial charge in [0.05, 0.1) is 12.9 Å². The van der Waals surface area contributed by atoms with E-state index in [1.807, 2.05) is 12.1 Å². The molecule has 154 valence electrons. The van der Waals surface area contributed by atoms with E-state index in [2.05, 4.69) is 69.3 Å². The fourth-order valence-corrected chi connectivity index (χ4v) is 8.62. The van der Waals surface area contributed by atoms with Crippen LogP contribution in [0.1, 0.15) is 34.1 Å². The van der Waals surface area contributed by atoms with E-state index in [0.29, 0.717) is 13.0 Å². The average Bonchev–Trinajstić information content (AvgIpc) is 2.69. The molecule has 3 rings (SSSR count). The van der Waals surface area contributed by atoms with Crippen LogP contribution in [0.25, 0.3) is 0 Å². The summed E-state index contributed by atoms with van der Waals surface area (Å²) < 4.78 is 18.0. The minimum Gasteiger partial charge on any atom is -0.496 e. The molecule has 1 aliphatic rings. The zero-order valence-corrected chi connectivity index (χ0v) is 18.6. The van der Waals surface area contributed by atoms with Crippen molar-refractivity contribution in [3.63, 3.8) is 0 Å². The fourth-order valence-electron chi connectivity index (χ4n) is 4.02. The molecule has 0 aliphatic carbocycles. The smallest absolute Gasteiger partial charge is 0.303 e. The molecule has 0 amide bonds. The van der Waals surface area contributed by atoms with Crippen molar-refractivity contribution < 1.29 is 18.7 Å². The lowest BCUT2D eigenvalue weighted by molar-refractivity contribution is -0.146. The number of benzene rings is 2. The van der Waals surface area contributed by atoms with Crippen LogP contribution in [0.4, 0.5) is 0 Å². The highest BCUT2D eigenvalue weighted by atomic mass is 28.4. The maximum absolute atomic E-state index is 11.3. The predicted molar refractivity (Wildman–Crippen MR) is 118 cm³/mol. The van der Waals surface area contributed by atoms with Crippen molar-refractivity contribution in [3.8, 4) is 0 Å². The van der Waals surface area contributed by atoms with Crippen LogP contribution in [0.5, 0.6) is 0 Å². The van der Waals surface area contributed by atoms with Crippen molar-refractivity contribution in [1.82, 2.24) is 0 Å². The van der Waals surface area contributed by atoms with E-state index in [0.717, 1.165) is 0 Å². The zero-order valence-electron chi connectivity index (χ0n) is 17.6. The normalized spacial score (nSPS) is 19.4. The molecule has 0 aromatic heterocycles. The van der Waals surface area contributed by atoms with E-state index in [1.165, 1.54) is 17.3 Å². The summed E-state index contributed by atoms with van der Waals surface area (Å²) in [7, 11) is -2.60. The fraction of sp³-hybridized carbons (Fsp3) is 0.375. The number of ether oxygens (including phenoxy) is 2. The summed E-state index contributed by atoms with van der Waals surface area (Å²) in [5.41, 5.74) is 0. The summed E-state index contributed by atoms with van der Waals surface area (Å²) in [4.78, 5) is 11.3. The topological polar surface area (TPSA) is 44.8 Å². The van der Waals surface area contributed by atoms with Crippen LogP contribution < -0.4 is 10.4 Å². The Balaban J connectivity index is 1.92. The van der Waals surface area contributed by atoms with Crippen LogP contribution in [0.2, 0.25) is 5.04 Å². The van der Waals surface area contributed by atoms with Gasteiger partial charge < -0.3 is 13.9 Å². The molecule has 0 radical (unpaired) electrons. The highest BCUT2D eigenvalue weighted by Crippen LogP contribution is 2.37. The molecule has 0 fully saturated rings. The number of rotatable bonds is 6. The first-order valence-electron chi connectivity index (χ1n) is 10.1. The highest BCUT2D eigenvalue weighted by molar-refractivity contribution is 6.99. The second-order valence-electron chi connectivity index (χ2n) is 8.44. The van der Waals surface area contributed by atoms with Gasteiger partial charge in [0.2, 0.25) is 0 Å². The van der Waals surface area contributed by atoms with Crippen molar-refractivity contribution in [2.45, 2.75) is 51.4 Å². The summed E-state index contributed by atoms with van der Waals surface area (Å²) in [6.07, 6.45) is 3.56. The molecule has 1 aliphatic heterocycles. The minimum absolute atomic E-state index is 0.0878. The molecule has 5 heteroatoms. The Bertz CT molecular complexity index is 787. The largest absolute Gasteiger partial charge is 0.496 e.